The van der Waals surface area contributed by atoms with Crippen LogP contribution in [0.1, 0.15) is 271 Å². The van der Waals surface area contributed by atoms with Crippen LogP contribution in [0.2, 0.25) is 0 Å². The van der Waals surface area contributed by atoms with Crippen LogP contribution in [0, 0.1) is 0 Å². The monoisotopic (exact) mass is 1130 g/mol. The van der Waals surface area contributed by atoms with E-state index in [0.29, 0.717) is 19.3 Å². The zero-order chi connectivity index (χ0) is 59.2. The summed E-state index contributed by atoms with van der Waals surface area (Å²) >= 11 is 0. The Labute approximate surface area is 504 Å². The first-order valence-corrected chi connectivity index (χ1v) is 33.1. The van der Waals surface area contributed by atoms with Crippen molar-refractivity contribution in [3.63, 3.8) is 0 Å². The van der Waals surface area contributed by atoms with Gasteiger partial charge in [-0.05, 0) is 122 Å². The molecule has 0 spiro atoms. The smallest absolute Gasteiger partial charge is 0.306 e. The average molecular weight is 1130 g/mol. The molecule has 0 saturated heterocycles. The minimum Gasteiger partial charge on any atom is -0.462 e. The van der Waals surface area contributed by atoms with Crippen LogP contribution in [0.25, 0.3) is 0 Å². The summed E-state index contributed by atoms with van der Waals surface area (Å²) < 4.78 is 16.8. The van der Waals surface area contributed by atoms with Gasteiger partial charge in [0, 0.05) is 19.3 Å². The Morgan fingerprint density at radius 2 is 0.500 bits per heavy atom. The second-order valence-electron chi connectivity index (χ2n) is 21.3. The van der Waals surface area contributed by atoms with Crippen molar-refractivity contribution < 1.29 is 28.6 Å². The van der Waals surface area contributed by atoms with Crippen molar-refractivity contribution in [3.05, 3.63) is 170 Å². The molecule has 1 unspecified atom stereocenters. The molecule has 0 heterocycles. The maximum Gasteiger partial charge on any atom is 0.306 e. The number of carbonyl (C=O) groups excluding carboxylic acids is 3. The largest absolute Gasteiger partial charge is 0.462 e. The Morgan fingerprint density at radius 1 is 0.256 bits per heavy atom. The van der Waals surface area contributed by atoms with Gasteiger partial charge in [0.25, 0.3) is 0 Å². The average Bonchev–Trinajstić information content (AvgIpc) is 3.47. The second-order valence-corrected chi connectivity index (χ2v) is 21.3. The van der Waals surface area contributed by atoms with Gasteiger partial charge in [0.1, 0.15) is 13.2 Å². The lowest BCUT2D eigenvalue weighted by Crippen LogP contribution is -2.30. The van der Waals surface area contributed by atoms with Gasteiger partial charge in [-0.15, -0.1) is 0 Å². The number of rotatable bonds is 58. The molecule has 0 aromatic carbocycles. The summed E-state index contributed by atoms with van der Waals surface area (Å²) in [5.74, 6) is -1.01. The number of esters is 3. The Kier molecular flexibility index (Phi) is 63.9. The van der Waals surface area contributed by atoms with Crippen LogP contribution < -0.4 is 0 Å². The van der Waals surface area contributed by atoms with Crippen LogP contribution in [0.5, 0.6) is 0 Å². The van der Waals surface area contributed by atoms with E-state index in [4.69, 9.17) is 14.2 Å². The summed E-state index contributed by atoms with van der Waals surface area (Å²) in [4.78, 5) is 38.3. The van der Waals surface area contributed by atoms with Crippen molar-refractivity contribution in [2.75, 3.05) is 13.2 Å². The minimum atomic E-state index is -0.829. The highest BCUT2D eigenvalue weighted by Gasteiger charge is 2.19. The fraction of sp³-hybridized carbons (Fsp3) is 0.592. The number of unbranched alkanes of at least 4 members (excludes halogenated alkanes) is 19. The van der Waals surface area contributed by atoms with Crippen LogP contribution in [0.15, 0.2) is 170 Å². The number of ether oxygens (including phenoxy) is 3. The fourth-order valence-corrected chi connectivity index (χ4v) is 8.60. The molecule has 0 aliphatic carbocycles. The Balaban J connectivity index is 4.37. The molecule has 0 aliphatic heterocycles. The van der Waals surface area contributed by atoms with Gasteiger partial charge in [0.05, 0.1) is 0 Å². The maximum absolute atomic E-state index is 12.9. The number of hydrogen-bond donors (Lipinski definition) is 0. The van der Waals surface area contributed by atoms with E-state index in [1.807, 2.05) is 6.08 Å². The van der Waals surface area contributed by atoms with Crippen molar-refractivity contribution in [2.24, 2.45) is 0 Å². The van der Waals surface area contributed by atoms with Crippen LogP contribution in [-0.2, 0) is 28.6 Å². The van der Waals surface area contributed by atoms with Gasteiger partial charge in [-0.2, -0.15) is 0 Å². The van der Waals surface area contributed by atoms with Gasteiger partial charge < -0.3 is 14.2 Å². The van der Waals surface area contributed by atoms with Crippen molar-refractivity contribution in [2.45, 2.75) is 277 Å². The van der Waals surface area contributed by atoms with Crippen LogP contribution in [0.3, 0.4) is 0 Å². The maximum atomic E-state index is 12.9. The lowest BCUT2D eigenvalue weighted by molar-refractivity contribution is -0.166. The highest BCUT2D eigenvalue weighted by molar-refractivity contribution is 5.71. The molecule has 0 radical (unpaired) electrons. The SMILES string of the molecule is CC/C=C\C/C=C\C/C=C\C/C=C\C/C=C\C/C=C\C/C=C\C/C=C\CCCCCCCCCCC(=O)OCC(COC(=O)CCCCCCCCCCCCCC)OC(=O)CC/C=C\C/C=C\C/C=C\C/C=C\C/C=C\C/C=C\CC. The van der Waals surface area contributed by atoms with Crippen LogP contribution >= 0.6 is 0 Å². The topological polar surface area (TPSA) is 78.9 Å². The summed E-state index contributed by atoms with van der Waals surface area (Å²) in [7, 11) is 0. The first-order valence-electron chi connectivity index (χ1n) is 33.1. The summed E-state index contributed by atoms with van der Waals surface area (Å²) in [6.07, 6.45) is 101. The Morgan fingerprint density at radius 3 is 0.793 bits per heavy atom. The van der Waals surface area contributed by atoms with E-state index < -0.39 is 12.1 Å². The highest BCUT2D eigenvalue weighted by Crippen LogP contribution is 2.15. The van der Waals surface area contributed by atoms with Crippen LogP contribution in [0.4, 0.5) is 0 Å². The van der Waals surface area contributed by atoms with E-state index >= 15 is 0 Å². The molecule has 0 aromatic rings. The van der Waals surface area contributed by atoms with Crippen molar-refractivity contribution in [1.29, 1.82) is 0 Å². The van der Waals surface area contributed by atoms with Crippen LogP contribution in [-0.4, -0.2) is 37.2 Å². The molecule has 6 heteroatoms. The third-order valence-electron chi connectivity index (χ3n) is 13.5. The molecule has 460 valence electrons. The molecule has 0 N–H and O–H groups in total. The molecular formula is C76H120O6. The van der Waals surface area contributed by atoms with Crippen molar-refractivity contribution in [1.82, 2.24) is 0 Å². The van der Waals surface area contributed by atoms with E-state index in [9.17, 15) is 14.4 Å². The quantitative estimate of drug-likeness (QED) is 0.0261. The minimum absolute atomic E-state index is 0.115. The summed E-state index contributed by atoms with van der Waals surface area (Å²) in [6, 6.07) is 0. The Hall–Kier alpha value is -5.23. The molecule has 0 saturated carbocycles. The number of carbonyl (C=O) groups is 3. The lowest BCUT2D eigenvalue weighted by Gasteiger charge is -2.18. The van der Waals surface area contributed by atoms with Gasteiger partial charge in [-0.25, -0.2) is 0 Å². The molecule has 0 fully saturated rings. The molecule has 0 aromatic heterocycles. The third kappa shape index (κ3) is 65.6. The summed E-state index contributed by atoms with van der Waals surface area (Å²) in [6.45, 7) is 6.34. The van der Waals surface area contributed by atoms with Crippen molar-refractivity contribution >= 4 is 17.9 Å². The van der Waals surface area contributed by atoms with E-state index in [1.165, 1.54) is 89.9 Å². The van der Waals surface area contributed by atoms with Crippen molar-refractivity contribution in [3.8, 4) is 0 Å². The van der Waals surface area contributed by atoms with E-state index in [1.54, 1.807) is 0 Å². The Bertz CT molecular complexity index is 1870. The first kappa shape index (κ1) is 76.8. The molecule has 82 heavy (non-hydrogen) atoms. The third-order valence-corrected chi connectivity index (χ3v) is 13.5. The predicted molar refractivity (Wildman–Crippen MR) is 357 cm³/mol. The molecule has 6 nitrogen and oxygen atoms in total. The number of hydrogen-bond acceptors (Lipinski definition) is 6. The molecule has 1 atom stereocenters. The van der Waals surface area contributed by atoms with Gasteiger partial charge >= 0.3 is 17.9 Å². The first-order chi connectivity index (χ1) is 40.5. The van der Waals surface area contributed by atoms with Gasteiger partial charge in [0.15, 0.2) is 6.10 Å². The van der Waals surface area contributed by atoms with E-state index in [0.717, 1.165) is 135 Å². The van der Waals surface area contributed by atoms with Gasteiger partial charge in [-0.1, -0.05) is 300 Å². The molecular weight excluding hydrogens is 1010 g/mol. The van der Waals surface area contributed by atoms with E-state index in [2.05, 4.69) is 185 Å². The van der Waals surface area contributed by atoms with Gasteiger partial charge in [0.2, 0.25) is 0 Å². The second kappa shape index (κ2) is 68.3. The zero-order valence-electron chi connectivity index (χ0n) is 52.7. The number of allylic oxidation sites excluding steroid dienone is 28. The summed E-state index contributed by atoms with van der Waals surface area (Å²) in [5.41, 5.74) is 0. The standard InChI is InChI=1S/C76H120O6/c1-4-7-10-13-16-19-22-25-27-29-31-32-33-34-35-36-37-38-39-40-41-42-43-44-46-47-49-51-54-57-60-63-66-69-75(78)81-72-73(71-80-74(77)68-65-62-59-56-53-24-21-18-15-12-9-6-3)82-76(79)70-67-64-61-58-55-52-50-48-45-30-28-26-23-20-17-14-11-8-5-2/h7-8,10-11,16-17,19-20,25-28,31-32,34-35,37-38,40-41,43-45,48,52,55,61,64,73H,4-6,9,12-15,18,21-24,29-30,33,36,39,42,46-47,49-51,53-54,56-60,62-63,65-72H2,1-3H3/b10-7-,11-8-,19-16-,20-17-,27-25-,28-26-,32-31-,35-34-,38-37-,41-40-,44-43-,48-45-,55-52-,64-61-. The predicted octanol–water partition coefficient (Wildman–Crippen LogP) is 23.0. The van der Waals surface area contributed by atoms with Gasteiger partial charge in [-0.3, -0.25) is 14.4 Å². The highest BCUT2D eigenvalue weighted by atomic mass is 16.6. The lowest BCUT2D eigenvalue weighted by atomic mass is 10.0. The molecule has 0 bridgehead atoms. The normalized spacial score (nSPS) is 13.3. The van der Waals surface area contributed by atoms with E-state index in [-0.39, 0.29) is 31.6 Å². The zero-order valence-corrected chi connectivity index (χ0v) is 52.7. The molecule has 0 aliphatic rings. The molecule has 0 rings (SSSR count). The summed E-state index contributed by atoms with van der Waals surface area (Å²) in [5, 5.41) is 0. The molecule has 0 amide bonds. The fourth-order valence-electron chi connectivity index (χ4n) is 8.60.